The van der Waals surface area contributed by atoms with Crippen molar-refractivity contribution in [2.45, 2.75) is 38.1 Å². The Labute approximate surface area is 161 Å². The number of halogens is 2. The Morgan fingerprint density at radius 2 is 1.83 bits per heavy atom. The molecule has 24 heavy (non-hydrogen) atoms. The molecular weight excluding hydrogens is 436 g/mol. The van der Waals surface area contributed by atoms with Crippen LogP contribution in [0.3, 0.4) is 0 Å². The fraction of sp³-hybridized carbons (Fsp3) is 0.667. The zero-order valence-electron chi connectivity index (χ0n) is 14.2. The van der Waals surface area contributed by atoms with Crippen LogP contribution in [0.2, 0.25) is 0 Å². The number of hydrogen-bond donors (Lipinski definition) is 2. The van der Waals surface area contributed by atoms with Gasteiger partial charge in [-0.05, 0) is 62.2 Å². The van der Waals surface area contributed by atoms with Gasteiger partial charge in [-0.25, -0.2) is 0 Å². The van der Waals surface area contributed by atoms with Crippen molar-refractivity contribution in [3.8, 4) is 11.5 Å². The molecule has 0 radical (unpaired) electrons. The van der Waals surface area contributed by atoms with E-state index in [1.165, 1.54) is 37.7 Å². The van der Waals surface area contributed by atoms with Gasteiger partial charge in [-0.2, -0.15) is 0 Å². The summed E-state index contributed by atoms with van der Waals surface area (Å²) >= 11 is 7.25. The van der Waals surface area contributed by atoms with E-state index in [-0.39, 0.29) is 5.75 Å². The number of nitrogens with zero attached hydrogens (tertiary/aromatic N) is 1. The molecule has 6 heteroatoms. The lowest BCUT2D eigenvalue weighted by Crippen LogP contribution is -2.47. The summed E-state index contributed by atoms with van der Waals surface area (Å²) in [6, 6.07) is 2.39. The van der Waals surface area contributed by atoms with Gasteiger partial charge in [0.1, 0.15) is 0 Å². The van der Waals surface area contributed by atoms with Crippen molar-refractivity contribution in [3.63, 3.8) is 0 Å². The molecule has 0 bridgehead atoms. The fourth-order valence-corrected chi connectivity index (χ4v) is 5.10. The minimum Gasteiger partial charge on any atom is -0.503 e. The van der Waals surface area contributed by atoms with Crippen LogP contribution in [0, 0.1) is 5.92 Å². The molecule has 2 fully saturated rings. The minimum atomic E-state index is 0.163. The molecule has 1 saturated heterocycles. The standard InChI is InChI=1S/C18H26Br2N2O2/c1-24-14-11-13(15(19)16(20)18(14)23)17(12-5-3-2-4-6-12)22-9-7-21-8-10-22/h11-12,17,21,23H,2-10H2,1H3/t17-/m1/s1. The van der Waals surface area contributed by atoms with E-state index < -0.39 is 0 Å². The summed E-state index contributed by atoms with van der Waals surface area (Å²) in [5, 5.41) is 13.7. The smallest absolute Gasteiger partial charge is 0.173 e. The van der Waals surface area contributed by atoms with Crippen LogP contribution in [0.15, 0.2) is 15.0 Å². The number of phenolic OH excluding ortho intramolecular Hbond substituents is 1. The Bertz CT molecular complexity index is 553. The van der Waals surface area contributed by atoms with E-state index in [1.807, 2.05) is 6.07 Å². The average molecular weight is 462 g/mol. The molecule has 0 unspecified atom stereocenters. The van der Waals surface area contributed by atoms with Crippen LogP contribution < -0.4 is 10.1 Å². The molecule has 4 nitrogen and oxygen atoms in total. The molecule has 0 amide bonds. The minimum absolute atomic E-state index is 0.163. The highest BCUT2D eigenvalue weighted by Gasteiger charge is 2.33. The summed E-state index contributed by atoms with van der Waals surface area (Å²) in [6.45, 7) is 4.21. The van der Waals surface area contributed by atoms with Gasteiger partial charge < -0.3 is 15.2 Å². The Morgan fingerprint density at radius 3 is 2.46 bits per heavy atom. The van der Waals surface area contributed by atoms with Crippen LogP contribution in [0.1, 0.15) is 43.7 Å². The number of piperazine rings is 1. The summed E-state index contributed by atoms with van der Waals surface area (Å²) in [6.07, 6.45) is 6.56. The highest BCUT2D eigenvalue weighted by atomic mass is 79.9. The van der Waals surface area contributed by atoms with Crippen molar-refractivity contribution in [2.24, 2.45) is 5.92 Å². The Balaban J connectivity index is 2.02. The quantitative estimate of drug-likeness (QED) is 0.695. The first kappa shape index (κ1) is 18.5. The molecule has 1 aliphatic carbocycles. The molecule has 1 saturated carbocycles. The monoisotopic (exact) mass is 460 g/mol. The predicted molar refractivity (Wildman–Crippen MR) is 104 cm³/mol. The van der Waals surface area contributed by atoms with Gasteiger partial charge in [0.25, 0.3) is 0 Å². The van der Waals surface area contributed by atoms with E-state index >= 15 is 0 Å². The second kappa shape index (κ2) is 8.39. The van der Waals surface area contributed by atoms with Crippen molar-refractivity contribution in [2.75, 3.05) is 33.3 Å². The highest BCUT2D eigenvalue weighted by molar-refractivity contribution is 9.13. The van der Waals surface area contributed by atoms with Crippen LogP contribution in [-0.2, 0) is 0 Å². The summed E-state index contributed by atoms with van der Waals surface area (Å²) in [4.78, 5) is 2.61. The molecular formula is C18H26Br2N2O2. The van der Waals surface area contributed by atoms with Crippen LogP contribution in [0.4, 0.5) is 0 Å². The molecule has 0 aromatic heterocycles. The third-order valence-corrected chi connectivity index (χ3v) is 7.51. The van der Waals surface area contributed by atoms with Crippen LogP contribution in [0.25, 0.3) is 0 Å². The van der Waals surface area contributed by atoms with E-state index in [1.54, 1.807) is 7.11 Å². The number of ether oxygens (including phenoxy) is 1. The number of aromatic hydroxyl groups is 1. The second-order valence-electron chi connectivity index (χ2n) is 6.77. The number of hydrogen-bond acceptors (Lipinski definition) is 4. The van der Waals surface area contributed by atoms with Gasteiger partial charge in [0.2, 0.25) is 0 Å². The zero-order valence-corrected chi connectivity index (χ0v) is 17.3. The first-order valence-electron chi connectivity index (χ1n) is 8.83. The average Bonchev–Trinajstić information content (AvgIpc) is 2.64. The third kappa shape index (κ3) is 3.76. The van der Waals surface area contributed by atoms with E-state index in [4.69, 9.17) is 4.74 Å². The highest BCUT2D eigenvalue weighted by Crippen LogP contribution is 2.48. The molecule has 1 heterocycles. The third-order valence-electron chi connectivity index (χ3n) is 5.35. The largest absolute Gasteiger partial charge is 0.503 e. The molecule has 1 aromatic carbocycles. The van der Waals surface area contributed by atoms with E-state index in [0.717, 1.165) is 30.7 Å². The van der Waals surface area contributed by atoms with Crippen molar-refractivity contribution in [1.82, 2.24) is 10.2 Å². The van der Waals surface area contributed by atoms with Gasteiger partial charge in [0.05, 0.1) is 11.6 Å². The van der Waals surface area contributed by atoms with Gasteiger partial charge in [-0.1, -0.05) is 19.3 Å². The number of rotatable bonds is 4. The topological polar surface area (TPSA) is 44.7 Å². The SMILES string of the molecule is COc1cc([C@@H](C2CCCCC2)N2CCNCC2)c(Br)c(Br)c1O. The van der Waals surface area contributed by atoms with E-state index in [9.17, 15) is 5.11 Å². The lowest BCUT2D eigenvalue weighted by Gasteiger charge is -2.41. The summed E-state index contributed by atoms with van der Waals surface area (Å²) in [5.74, 6) is 1.36. The maximum atomic E-state index is 10.3. The van der Waals surface area contributed by atoms with Crippen molar-refractivity contribution in [1.29, 1.82) is 0 Å². The molecule has 134 valence electrons. The van der Waals surface area contributed by atoms with Crippen LogP contribution in [0.5, 0.6) is 11.5 Å². The van der Waals surface area contributed by atoms with Gasteiger partial charge in [0, 0.05) is 36.7 Å². The Morgan fingerprint density at radius 1 is 1.17 bits per heavy atom. The summed E-state index contributed by atoms with van der Waals surface area (Å²) in [5.41, 5.74) is 1.23. The first-order valence-corrected chi connectivity index (χ1v) is 10.4. The normalized spacial score (nSPS) is 21.6. The molecule has 2 aliphatic rings. The first-order chi connectivity index (χ1) is 11.6. The maximum absolute atomic E-state index is 10.3. The number of benzene rings is 1. The molecule has 2 N–H and O–H groups in total. The fourth-order valence-electron chi connectivity index (χ4n) is 4.14. The van der Waals surface area contributed by atoms with Crippen molar-refractivity contribution < 1.29 is 9.84 Å². The van der Waals surface area contributed by atoms with Crippen LogP contribution in [-0.4, -0.2) is 43.3 Å². The van der Waals surface area contributed by atoms with E-state index in [2.05, 4.69) is 42.1 Å². The summed E-state index contributed by atoms with van der Waals surface area (Å²) < 4.78 is 7.06. The molecule has 3 rings (SSSR count). The summed E-state index contributed by atoms with van der Waals surface area (Å²) in [7, 11) is 1.61. The van der Waals surface area contributed by atoms with Gasteiger partial charge in [-0.3, -0.25) is 4.90 Å². The Hall–Kier alpha value is -0.300. The number of nitrogens with one attached hydrogen (secondary N) is 1. The van der Waals surface area contributed by atoms with Crippen molar-refractivity contribution in [3.05, 3.63) is 20.6 Å². The molecule has 1 atom stereocenters. The number of methoxy groups -OCH3 is 1. The van der Waals surface area contributed by atoms with Crippen LogP contribution >= 0.6 is 31.9 Å². The molecule has 1 aromatic rings. The second-order valence-corrected chi connectivity index (χ2v) is 8.36. The zero-order chi connectivity index (χ0) is 17.1. The van der Waals surface area contributed by atoms with Crippen molar-refractivity contribution >= 4 is 31.9 Å². The van der Waals surface area contributed by atoms with Gasteiger partial charge >= 0.3 is 0 Å². The lowest BCUT2D eigenvalue weighted by molar-refractivity contribution is 0.102. The Kier molecular flexibility index (Phi) is 6.46. The number of phenols is 1. The van der Waals surface area contributed by atoms with Gasteiger partial charge in [0.15, 0.2) is 11.5 Å². The maximum Gasteiger partial charge on any atom is 0.173 e. The molecule has 0 spiro atoms. The predicted octanol–water partition coefficient (Wildman–Crippen LogP) is 4.45. The van der Waals surface area contributed by atoms with Gasteiger partial charge in [-0.15, -0.1) is 0 Å². The lowest BCUT2D eigenvalue weighted by atomic mass is 9.80. The molecule has 1 aliphatic heterocycles. The van der Waals surface area contributed by atoms with E-state index in [0.29, 0.717) is 22.2 Å².